The number of rotatable bonds is 4. The molecule has 2 heterocycles. The summed E-state index contributed by atoms with van der Waals surface area (Å²) in [6.45, 7) is 4.90. The predicted molar refractivity (Wildman–Crippen MR) is 60.0 cm³/mol. The molecule has 1 aromatic heterocycles. The van der Waals surface area contributed by atoms with Gasteiger partial charge >= 0.3 is 0 Å². The maximum absolute atomic E-state index is 5.33. The van der Waals surface area contributed by atoms with E-state index in [0.717, 1.165) is 44.8 Å². The van der Waals surface area contributed by atoms with Gasteiger partial charge in [-0.05, 0) is 19.3 Å². The van der Waals surface area contributed by atoms with Gasteiger partial charge in [0.05, 0.1) is 6.20 Å². The Kier molecular flexibility index (Phi) is 3.61. The average Bonchev–Trinajstić information content (AvgIpc) is 2.68. The van der Waals surface area contributed by atoms with Gasteiger partial charge in [-0.2, -0.15) is 5.10 Å². The summed E-state index contributed by atoms with van der Waals surface area (Å²) in [5.74, 6) is 1.14. The van der Waals surface area contributed by atoms with Crippen molar-refractivity contribution in [3.05, 3.63) is 12.3 Å². The van der Waals surface area contributed by atoms with Gasteiger partial charge in [0.1, 0.15) is 5.82 Å². The van der Waals surface area contributed by atoms with Crippen LogP contribution < -0.4 is 5.32 Å². The molecular weight excluding hydrogens is 190 g/mol. The summed E-state index contributed by atoms with van der Waals surface area (Å²) in [5, 5.41) is 7.83. The van der Waals surface area contributed by atoms with Gasteiger partial charge in [-0.3, -0.25) is 0 Å². The van der Waals surface area contributed by atoms with Crippen molar-refractivity contribution >= 4 is 5.82 Å². The van der Waals surface area contributed by atoms with Gasteiger partial charge in [-0.25, -0.2) is 4.68 Å². The number of aryl methyl sites for hydroxylation is 1. The minimum atomic E-state index is 0.547. The van der Waals surface area contributed by atoms with Crippen LogP contribution in [0.5, 0.6) is 0 Å². The van der Waals surface area contributed by atoms with E-state index in [4.69, 9.17) is 4.74 Å². The van der Waals surface area contributed by atoms with E-state index in [2.05, 4.69) is 17.3 Å². The van der Waals surface area contributed by atoms with Crippen LogP contribution in [0.1, 0.15) is 26.2 Å². The molecule has 0 aliphatic carbocycles. The lowest BCUT2D eigenvalue weighted by Crippen LogP contribution is -2.28. The van der Waals surface area contributed by atoms with Crippen molar-refractivity contribution in [1.29, 1.82) is 0 Å². The summed E-state index contributed by atoms with van der Waals surface area (Å²) in [7, 11) is 0. The lowest BCUT2D eigenvalue weighted by atomic mass is 10.1. The largest absolute Gasteiger partial charge is 0.381 e. The molecule has 0 saturated carbocycles. The van der Waals surface area contributed by atoms with E-state index in [0.29, 0.717) is 6.04 Å². The number of aromatic nitrogens is 2. The number of hydrogen-bond donors (Lipinski definition) is 1. The maximum Gasteiger partial charge on any atom is 0.124 e. The minimum Gasteiger partial charge on any atom is -0.381 e. The molecule has 1 saturated heterocycles. The zero-order chi connectivity index (χ0) is 10.5. The molecule has 4 nitrogen and oxygen atoms in total. The molecular formula is C11H19N3O. The number of anilines is 1. The van der Waals surface area contributed by atoms with Crippen LogP contribution in [0.25, 0.3) is 0 Å². The lowest BCUT2D eigenvalue weighted by molar-refractivity contribution is 0.0903. The van der Waals surface area contributed by atoms with Crippen molar-refractivity contribution in [3.63, 3.8) is 0 Å². The molecule has 4 heteroatoms. The molecule has 0 radical (unpaired) electrons. The molecule has 2 rings (SSSR count). The van der Waals surface area contributed by atoms with Gasteiger partial charge in [0, 0.05) is 31.9 Å². The lowest BCUT2D eigenvalue weighted by Gasteiger charge is -2.24. The molecule has 0 amide bonds. The summed E-state index contributed by atoms with van der Waals surface area (Å²) >= 11 is 0. The second kappa shape index (κ2) is 5.16. The van der Waals surface area contributed by atoms with Crippen LogP contribution in [0.3, 0.4) is 0 Å². The van der Waals surface area contributed by atoms with Crippen LogP contribution >= 0.6 is 0 Å². The second-order valence-electron chi connectivity index (χ2n) is 3.97. The Labute approximate surface area is 90.6 Å². The van der Waals surface area contributed by atoms with Crippen LogP contribution in [-0.2, 0) is 11.3 Å². The smallest absolute Gasteiger partial charge is 0.124 e. The van der Waals surface area contributed by atoms with Crippen molar-refractivity contribution in [2.24, 2.45) is 0 Å². The quantitative estimate of drug-likeness (QED) is 0.823. The Morgan fingerprint density at radius 3 is 3.07 bits per heavy atom. The summed E-state index contributed by atoms with van der Waals surface area (Å²) in [5.41, 5.74) is 0. The molecule has 1 aromatic rings. The Balaban J connectivity index is 1.93. The zero-order valence-electron chi connectivity index (χ0n) is 9.28. The third kappa shape index (κ3) is 2.72. The molecule has 0 aromatic carbocycles. The number of nitrogens with zero attached hydrogens (tertiary/aromatic N) is 2. The molecule has 1 fully saturated rings. The molecule has 0 unspecified atom stereocenters. The van der Waals surface area contributed by atoms with Gasteiger partial charge < -0.3 is 10.1 Å². The summed E-state index contributed by atoms with van der Waals surface area (Å²) < 4.78 is 7.37. The highest BCUT2D eigenvalue weighted by molar-refractivity contribution is 5.35. The van der Waals surface area contributed by atoms with Crippen LogP contribution in [-0.4, -0.2) is 29.0 Å². The Hall–Kier alpha value is -1.03. The van der Waals surface area contributed by atoms with E-state index < -0.39 is 0 Å². The van der Waals surface area contributed by atoms with E-state index in [1.807, 2.05) is 16.9 Å². The highest BCUT2D eigenvalue weighted by atomic mass is 16.5. The van der Waals surface area contributed by atoms with Crippen molar-refractivity contribution in [1.82, 2.24) is 9.78 Å². The fourth-order valence-electron chi connectivity index (χ4n) is 1.90. The fraction of sp³-hybridized carbons (Fsp3) is 0.727. The Morgan fingerprint density at radius 2 is 2.33 bits per heavy atom. The molecule has 0 bridgehead atoms. The molecule has 15 heavy (non-hydrogen) atoms. The van der Waals surface area contributed by atoms with Crippen molar-refractivity contribution in [2.45, 2.75) is 38.8 Å². The monoisotopic (exact) mass is 209 g/mol. The minimum absolute atomic E-state index is 0.547. The molecule has 0 atom stereocenters. The van der Waals surface area contributed by atoms with E-state index >= 15 is 0 Å². The summed E-state index contributed by atoms with van der Waals surface area (Å²) in [4.78, 5) is 0. The second-order valence-corrected chi connectivity index (χ2v) is 3.97. The highest BCUT2D eigenvalue weighted by Gasteiger charge is 2.14. The van der Waals surface area contributed by atoms with E-state index in [1.165, 1.54) is 0 Å². The predicted octanol–water partition coefficient (Wildman–Crippen LogP) is 1.88. The SMILES string of the molecule is CCCn1nccc1NC1CCOCC1. The third-order valence-corrected chi connectivity index (χ3v) is 2.73. The van der Waals surface area contributed by atoms with E-state index in [1.54, 1.807) is 0 Å². The Bertz CT molecular complexity index is 292. The number of hydrogen-bond acceptors (Lipinski definition) is 3. The first-order valence-electron chi connectivity index (χ1n) is 5.76. The fourth-order valence-corrected chi connectivity index (χ4v) is 1.90. The molecule has 0 spiro atoms. The van der Waals surface area contributed by atoms with Crippen molar-refractivity contribution in [2.75, 3.05) is 18.5 Å². The van der Waals surface area contributed by atoms with Gasteiger partial charge in [0.2, 0.25) is 0 Å². The number of ether oxygens (including phenoxy) is 1. The van der Waals surface area contributed by atoms with Crippen molar-refractivity contribution in [3.8, 4) is 0 Å². The normalized spacial score (nSPS) is 17.9. The first-order chi connectivity index (χ1) is 7.40. The van der Waals surface area contributed by atoms with Crippen LogP contribution in [0.15, 0.2) is 12.3 Å². The van der Waals surface area contributed by atoms with Gasteiger partial charge in [0.15, 0.2) is 0 Å². The van der Waals surface area contributed by atoms with Crippen LogP contribution in [0, 0.1) is 0 Å². The van der Waals surface area contributed by atoms with Crippen molar-refractivity contribution < 1.29 is 4.74 Å². The topological polar surface area (TPSA) is 39.1 Å². The van der Waals surface area contributed by atoms with E-state index in [9.17, 15) is 0 Å². The molecule has 1 N–H and O–H groups in total. The average molecular weight is 209 g/mol. The van der Waals surface area contributed by atoms with Crippen LogP contribution in [0.2, 0.25) is 0 Å². The Morgan fingerprint density at radius 1 is 1.53 bits per heavy atom. The maximum atomic E-state index is 5.33. The van der Waals surface area contributed by atoms with E-state index in [-0.39, 0.29) is 0 Å². The molecule has 1 aliphatic heterocycles. The zero-order valence-corrected chi connectivity index (χ0v) is 9.28. The molecule has 1 aliphatic rings. The number of nitrogens with one attached hydrogen (secondary N) is 1. The van der Waals surface area contributed by atoms with Crippen LogP contribution in [0.4, 0.5) is 5.82 Å². The van der Waals surface area contributed by atoms with Gasteiger partial charge in [-0.15, -0.1) is 0 Å². The highest BCUT2D eigenvalue weighted by Crippen LogP contribution is 2.14. The summed E-state index contributed by atoms with van der Waals surface area (Å²) in [6, 6.07) is 2.59. The summed E-state index contributed by atoms with van der Waals surface area (Å²) in [6.07, 6.45) is 5.16. The van der Waals surface area contributed by atoms with Gasteiger partial charge in [-0.1, -0.05) is 6.92 Å². The van der Waals surface area contributed by atoms with Gasteiger partial charge in [0.25, 0.3) is 0 Å². The molecule has 84 valence electrons. The first kappa shape index (κ1) is 10.5. The first-order valence-corrected chi connectivity index (χ1v) is 5.76. The standard InChI is InChI=1S/C11H19N3O/c1-2-7-14-11(3-6-12-14)13-10-4-8-15-9-5-10/h3,6,10,13H,2,4-5,7-9H2,1H3. The third-order valence-electron chi connectivity index (χ3n) is 2.73.